The summed E-state index contributed by atoms with van der Waals surface area (Å²) in [6, 6.07) is 10.2. The van der Waals surface area contributed by atoms with Crippen LogP contribution in [0.25, 0.3) is 5.69 Å². The average molecular weight is 229 g/mol. The first kappa shape index (κ1) is 11.9. The monoisotopic (exact) mass is 229 g/mol. The van der Waals surface area contributed by atoms with E-state index in [2.05, 4.69) is 38.0 Å². The second-order valence-corrected chi connectivity index (χ2v) is 5.21. The van der Waals surface area contributed by atoms with Crippen molar-refractivity contribution in [3.05, 3.63) is 47.8 Å². The highest BCUT2D eigenvalue weighted by atomic mass is 15.3. The molecule has 0 saturated heterocycles. The van der Waals surface area contributed by atoms with Crippen LogP contribution in [0.3, 0.4) is 0 Å². The molecular formula is C14H19N3. The van der Waals surface area contributed by atoms with E-state index in [0.717, 1.165) is 11.3 Å². The standard InChI is InChI=1S/C14H19N3/c1-14(2,3)13-8-9-16-17(13)12-7-5-4-6-11(12)10-15/h4-9H,10,15H2,1-3H3. The molecule has 0 saturated carbocycles. The third-order valence-electron chi connectivity index (χ3n) is 2.85. The third kappa shape index (κ3) is 2.24. The molecule has 90 valence electrons. The molecule has 0 fully saturated rings. The third-order valence-corrected chi connectivity index (χ3v) is 2.85. The largest absolute Gasteiger partial charge is 0.326 e. The molecule has 1 aromatic carbocycles. The fourth-order valence-electron chi connectivity index (χ4n) is 1.95. The zero-order valence-corrected chi connectivity index (χ0v) is 10.6. The summed E-state index contributed by atoms with van der Waals surface area (Å²) in [5.74, 6) is 0. The SMILES string of the molecule is CC(C)(C)c1ccnn1-c1ccccc1CN. The molecule has 0 atom stereocenters. The van der Waals surface area contributed by atoms with Gasteiger partial charge in [-0.05, 0) is 17.7 Å². The fraction of sp³-hybridized carbons (Fsp3) is 0.357. The van der Waals surface area contributed by atoms with Crippen LogP contribution in [0.15, 0.2) is 36.5 Å². The zero-order chi connectivity index (χ0) is 12.5. The van der Waals surface area contributed by atoms with E-state index in [1.54, 1.807) is 0 Å². The maximum absolute atomic E-state index is 5.77. The summed E-state index contributed by atoms with van der Waals surface area (Å²) in [6.07, 6.45) is 1.84. The van der Waals surface area contributed by atoms with Gasteiger partial charge in [0.05, 0.1) is 5.69 Å². The Hall–Kier alpha value is -1.61. The van der Waals surface area contributed by atoms with Crippen LogP contribution in [0.2, 0.25) is 0 Å². The van der Waals surface area contributed by atoms with Gasteiger partial charge in [0.1, 0.15) is 0 Å². The number of benzene rings is 1. The molecule has 2 aromatic rings. The second-order valence-electron chi connectivity index (χ2n) is 5.21. The fourth-order valence-corrected chi connectivity index (χ4v) is 1.95. The number of rotatable bonds is 2. The number of aromatic nitrogens is 2. The summed E-state index contributed by atoms with van der Waals surface area (Å²) in [5.41, 5.74) is 9.22. The van der Waals surface area contributed by atoms with Crippen molar-refractivity contribution in [3.8, 4) is 5.69 Å². The van der Waals surface area contributed by atoms with E-state index < -0.39 is 0 Å². The molecule has 0 spiro atoms. The van der Waals surface area contributed by atoms with Gasteiger partial charge >= 0.3 is 0 Å². The Kier molecular flexibility index (Phi) is 3.03. The van der Waals surface area contributed by atoms with E-state index in [9.17, 15) is 0 Å². The molecular weight excluding hydrogens is 210 g/mol. The van der Waals surface area contributed by atoms with Crippen molar-refractivity contribution in [1.29, 1.82) is 0 Å². The quantitative estimate of drug-likeness (QED) is 0.860. The van der Waals surface area contributed by atoms with Crippen molar-refractivity contribution in [3.63, 3.8) is 0 Å². The highest BCUT2D eigenvalue weighted by molar-refractivity contribution is 5.42. The van der Waals surface area contributed by atoms with Gasteiger partial charge in [0.25, 0.3) is 0 Å². The van der Waals surface area contributed by atoms with Crippen LogP contribution in [-0.2, 0) is 12.0 Å². The summed E-state index contributed by atoms with van der Waals surface area (Å²) < 4.78 is 1.99. The van der Waals surface area contributed by atoms with Gasteiger partial charge in [-0.25, -0.2) is 4.68 Å². The van der Waals surface area contributed by atoms with Crippen LogP contribution >= 0.6 is 0 Å². The number of hydrogen-bond acceptors (Lipinski definition) is 2. The van der Waals surface area contributed by atoms with Gasteiger partial charge in [-0.3, -0.25) is 0 Å². The lowest BCUT2D eigenvalue weighted by Crippen LogP contribution is -2.18. The summed E-state index contributed by atoms with van der Waals surface area (Å²) in [4.78, 5) is 0. The van der Waals surface area contributed by atoms with Crippen LogP contribution in [-0.4, -0.2) is 9.78 Å². The van der Waals surface area contributed by atoms with E-state index in [0.29, 0.717) is 6.54 Å². The van der Waals surface area contributed by atoms with E-state index in [-0.39, 0.29) is 5.41 Å². The number of para-hydroxylation sites is 1. The molecule has 2 N–H and O–H groups in total. The van der Waals surface area contributed by atoms with Crippen LogP contribution in [0.5, 0.6) is 0 Å². The van der Waals surface area contributed by atoms with E-state index in [1.165, 1.54) is 5.69 Å². The second kappa shape index (κ2) is 4.34. The summed E-state index contributed by atoms with van der Waals surface area (Å²) in [5, 5.41) is 4.42. The molecule has 0 aliphatic carbocycles. The van der Waals surface area contributed by atoms with Crippen molar-refractivity contribution in [2.75, 3.05) is 0 Å². The van der Waals surface area contributed by atoms with E-state index in [4.69, 9.17) is 5.73 Å². The molecule has 3 nitrogen and oxygen atoms in total. The lowest BCUT2D eigenvalue weighted by molar-refractivity contribution is 0.543. The topological polar surface area (TPSA) is 43.8 Å². The Bertz CT molecular complexity index is 506. The molecule has 1 aromatic heterocycles. The highest BCUT2D eigenvalue weighted by Gasteiger charge is 2.20. The lowest BCUT2D eigenvalue weighted by Gasteiger charge is -2.21. The molecule has 1 heterocycles. The summed E-state index contributed by atoms with van der Waals surface area (Å²) in [7, 11) is 0. The molecule has 0 amide bonds. The minimum absolute atomic E-state index is 0.0677. The molecule has 0 radical (unpaired) electrons. The Morgan fingerprint density at radius 1 is 1.18 bits per heavy atom. The predicted molar refractivity (Wildman–Crippen MR) is 70.2 cm³/mol. The van der Waals surface area contributed by atoms with Gasteiger partial charge < -0.3 is 5.73 Å². The van der Waals surface area contributed by atoms with Gasteiger partial charge in [0.2, 0.25) is 0 Å². The average Bonchev–Trinajstić information content (AvgIpc) is 2.77. The van der Waals surface area contributed by atoms with Crippen molar-refractivity contribution in [2.45, 2.75) is 32.7 Å². The molecule has 0 unspecified atom stereocenters. The number of hydrogen-bond donors (Lipinski definition) is 1. The van der Waals surface area contributed by atoms with Crippen LogP contribution in [0.4, 0.5) is 0 Å². The van der Waals surface area contributed by atoms with Gasteiger partial charge in [-0.15, -0.1) is 0 Å². The maximum Gasteiger partial charge on any atom is 0.0693 e. The van der Waals surface area contributed by atoms with Gasteiger partial charge in [-0.1, -0.05) is 39.0 Å². The minimum atomic E-state index is 0.0677. The first-order valence-electron chi connectivity index (χ1n) is 5.87. The number of nitrogens with zero attached hydrogens (tertiary/aromatic N) is 2. The highest BCUT2D eigenvalue weighted by Crippen LogP contribution is 2.25. The Labute approximate surface area is 102 Å². The molecule has 3 heteroatoms. The van der Waals surface area contributed by atoms with Gasteiger partial charge in [0, 0.05) is 23.9 Å². The predicted octanol–water partition coefficient (Wildman–Crippen LogP) is 2.63. The van der Waals surface area contributed by atoms with Crippen LogP contribution in [0.1, 0.15) is 32.0 Å². The van der Waals surface area contributed by atoms with Gasteiger partial charge in [-0.2, -0.15) is 5.10 Å². The molecule has 17 heavy (non-hydrogen) atoms. The number of nitrogens with two attached hydrogens (primary N) is 1. The first-order valence-corrected chi connectivity index (χ1v) is 5.87. The van der Waals surface area contributed by atoms with Crippen molar-refractivity contribution >= 4 is 0 Å². The Morgan fingerprint density at radius 3 is 2.53 bits per heavy atom. The van der Waals surface area contributed by atoms with Crippen molar-refractivity contribution in [1.82, 2.24) is 9.78 Å². The Balaban J connectivity index is 2.58. The smallest absolute Gasteiger partial charge is 0.0693 e. The van der Waals surface area contributed by atoms with Crippen LogP contribution in [0, 0.1) is 0 Å². The Morgan fingerprint density at radius 2 is 1.88 bits per heavy atom. The van der Waals surface area contributed by atoms with Crippen molar-refractivity contribution in [2.24, 2.45) is 5.73 Å². The summed E-state index contributed by atoms with van der Waals surface area (Å²) >= 11 is 0. The summed E-state index contributed by atoms with van der Waals surface area (Å²) in [6.45, 7) is 7.09. The van der Waals surface area contributed by atoms with Crippen LogP contribution < -0.4 is 5.73 Å². The van der Waals surface area contributed by atoms with Crippen molar-refractivity contribution < 1.29 is 0 Å². The minimum Gasteiger partial charge on any atom is -0.326 e. The van der Waals surface area contributed by atoms with E-state index in [1.807, 2.05) is 29.1 Å². The molecule has 0 bridgehead atoms. The molecule has 2 rings (SSSR count). The first-order chi connectivity index (χ1) is 8.04. The molecule has 0 aliphatic heterocycles. The van der Waals surface area contributed by atoms with E-state index >= 15 is 0 Å². The zero-order valence-electron chi connectivity index (χ0n) is 10.6. The maximum atomic E-state index is 5.77. The lowest BCUT2D eigenvalue weighted by atomic mass is 9.92. The normalized spacial score (nSPS) is 11.8. The van der Waals surface area contributed by atoms with Gasteiger partial charge in [0.15, 0.2) is 0 Å². The molecule has 0 aliphatic rings.